The maximum atomic E-state index is 11.1. The summed E-state index contributed by atoms with van der Waals surface area (Å²) in [5.74, 6) is -1.09. The van der Waals surface area contributed by atoms with Crippen molar-refractivity contribution in [3.05, 3.63) is 11.4 Å². The number of carbonyl (C=O) groups excluding carboxylic acids is 2. The molecule has 0 aliphatic carbocycles. The van der Waals surface area contributed by atoms with Crippen molar-refractivity contribution in [3.63, 3.8) is 0 Å². The van der Waals surface area contributed by atoms with Gasteiger partial charge in [-0.25, -0.2) is 16.8 Å². The van der Waals surface area contributed by atoms with Crippen molar-refractivity contribution < 1.29 is 14.3 Å². The van der Waals surface area contributed by atoms with Gasteiger partial charge in [0, 0.05) is 6.92 Å². The molecule has 0 aromatic rings. The number of rotatable bonds is 4. The van der Waals surface area contributed by atoms with E-state index in [0.717, 1.165) is 0 Å². The van der Waals surface area contributed by atoms with E-state index in [-0.39, 0.29) is 18.9 Å². The molecule has 0 fully saturated rings. The minimum Gasteiger partial charge on any atom is -0.461 e. The molecule has 1 amide bonds. The van der Waals surface area contributed by atoms with E-state index in [1.54, 1.807) is 6.92 Å². The Balaban J connectivity index is 4.42. The zero-order valence-corrected chi connectivity index (χ0v) is 8.03. The zero-order chi connectivity index (χ0) is 11.0. The van der Waals surface area contributed by atoms with Crippen LogP contribution in [0.15, 0.2) is 5.10 Å². The molecule has 0 aromatic heterocycles. The molecule has 0 saturated heterocycles. The molecule has 0 heterocycles. The fourth-order valence-electron chi connectivity index (χ4n) is 0.581. The second-order valence-electron chi connectivity index (χ2n) is 2.26. The van der Waals surface area contributed by atoms with Gasteiger partial charge in [0.05, 0.1) is 6.61 Å². The van der Waals surface area contributed by atoms with E-state index in [4.69, 9.17) is 6.57 Å². The number of hydrogen-bond donors (Lipinski definition) is 1. The quantitative estimate of drug-likeness (QED) is 0.297. The third-order valence-electron chi connectivity index (χ3n) is 1.09. The standard InChI is InChI=1S/C8H11N3O3/c1-4-14-8(13)7(5-9-3)11-10-6(2)12/h4-5H2,1-2H3,(H,10,12)/b11-7+. The highest BCUT2D eigenvalue weighted by Gasteiger charge is 2.15. The topological polar surface area (TPSA) is 72.1 Å². The van der Waals surface area contributed by atoms with Crippen LogP contribution in [-0.2, 0) is 14.3 Å². The van der Waals surface area contributed by atoms with Crippen molar-refractivity contribution in [2.24, 2.45) is 5.10 Å². The van der Waals surface area contributed by atoms with E-state index < -0.39 is 11.9 Å². The first-order valence-electron chi connectivity index (χ1n) is 3.95. The average molecular weight is 197 g/mol. The maximum Gasteiger partial charge on any atom is 0.362 e. The summed E-state index contributed by atoms with van der Waals surface area (Å²) in [6.45, 7) is 9.46. The Bertz CT molecular complexity index is 291. The Morgan fingerprint density at radius 3 is 2.64 bits per heavy atom. The SMILES string of the molecule is [C-]#[N+]C/C(=N\NC(C)=O)C(=O)OCC. The molecule has 0 aliphatic rings. The van der Waals surface area contributed by atoms with Gasteiger partial charge in [-0.3, -0.25) is 4.79 Å². The lowest BCUT2D eigenvalue weighted by atomic mass is 10.4. The molecule has 0 radical (unpaired) electrons. The molecule has 0 unspecified atom stereocenters. The van der Waals surface area contributed by atoms with E-state index in [0.29, 0.717) is 0 Å². The number of ether oxygens (including phenoxy) is 1. The van der Waals surface area contributed by atoms with Crippen LogP contribution in [0.1, 0.15) is 13.8 Å². The lowest BCUT2D eigenvalue weighted by Crippen LogP contribution is -2.25. The van der Waals surface area contributed by atoms with Crippen LogP contribution in [0.3, 0.4) is 0 Å². The molecule has 0 spiro atoms. The van der Waals surface area contributed by atoms with E-state index in [2.05, 4.69) is 20.1 Å². The number of carbonyl (C=O) groups is 2. The monoisotopic (exact) mass is 197 g/mol. The smallest absolute Gasteiger partial charge is 0.362 e. The number of nitrogens with one attached hydrogen (secondary N) is 1. The summed E-state index contributed by atoms with van der Waals surface area (Å²) < 4.78 is 4.62. The highest BCUT2D eigenvalue weighted by atomic mass is 16.5. The molecule has 0 rings (SSSR count). The number of esters is 1. The van der Waals surface area contributed by atoms with Gasteiger partial charge < -0.3 is 9.58 Å². The van der Waals surface area contributed by atoms with Gasteiger partial charge in [0.25, 0.3) is 6.54 Å². The Hall–Kier alpha value is -1.90. The average Bonchev–Trinajstić information content (AvgIpc) is 2.12. The van der Waals surface area contributed by atoms with Crippen molar-refractivity contribution in [3.8, 4) is 0 Å². The predicted molar refractivity (Wildman–Crippen MR) is 49.4 cm³/mol. The van der Waals surface area contributed by atoms with Crippen molar-refractivity contribution in [2.75, 3.05) is 13.2 Å². The third-order valence-corrected chi connectivity index (χ3v) is 1.09. The summed E-state index contributed by atoms with van der Waals surface area (Å²) in [4.78, 5) is 24.6. The molecule has 0 bridgehead atoms. The summed E-state index contributed by atoms with van der Waals surface area (Å²) in [7, 11) is 0. The van der Waals surface area contributed by atoms with Crippen LogP contribution in [0, 0.1) is 6.57 Å². The Morgan fingerprint density at radius 1 is 1.57 bits per heavy atom. The van der Waals surface area contributed by atoms with Crippen LogP contribution >= 0.6 is 0 Å². The second-order valence-corrected chi connectivity index (χ2v) is 2.26. The predicted octanol–water partition coefficient (Wildman–Crippen LogP) is -0.0391. The molecular weight excluding hydrogens is 186 g/mol. The first kappa shape index (κ1) is 12.1. The summed E-state index contributed by atoms with van der Waals surface area (Å²) in [6.07, 6.45) is 0. The van der Waals surface area contributed by atoms with Crippen molar-refractivity contribution in [1.82, 2.24) is 5.43 Å². The number of hydrazone groups is 1. The minimum atomic E-state index is -0.683. The van der Waals surface area contributed by atoms with Gasteiger partial charge in [0.2, 0.25) is 11.6 Å². The summed E-state index contributed by atoms with van der Waals surface area (Å²) in [5, 5.41) is 3.46. The van der Waals surface area contributed by atoms with Gasteiger partial charge in [0.1, 0.15) is 0 Å². The summed E-state index contributed by atoms with van der Waals surface area (Å²) >= 11 is 0. The van der Waals surface area contributed by atoms with Crippen LogP contribution in [0.25, 0.3) is 4.85 Å². The molecule has 14 heavy (non-hydrogen) atoms. The lowest BCUT2D eigenvalue weighted by molar-refractivity contribution is -0.135. The van der Waals surface area contributed by atoms with Gasteiger partial charge in [0.15, 0.2) is 0 Å². The van der Waals surface area contributed by atoms with Crippen LogP contribution < -0.4 is 5.43 Å². The van der Waals surface area contributed by atoms with Crippen LogP contribution in [0.2, 0.25) is 0 Å². The van der Waals surface area contributed by atoms with Crippen LogP contribution in [0.4, 0.5) is 0 Å². The number of hydrogen-bond acceptors (Lipinski definition) is 4. The number of nitrogens with zero attached hydrogens (tertiary/aromatic N) is 2. The number of amides is 1. The Labute approximate surface area is 81.7 Å². The van der Waals surface area contributed by atoms with Crippen molar-refractivity contribution in [1.29, 1.82) is 0 Å². The van der Waals surface area contributed by atoms with E-state index >= 15 is 0 Å². The maximum absolute atomic E-state index is 11.1. The van der Waals surface area contributed by atoms with E-state index in [9.17, 15) is 9.59 Å². The highest BCUT2D eigenvalue weighted by molar-refractivity contribution is 6.37. The molecule has 76 valence electrons. The fourth-order valence-corrected chi connectivity index (χ4v) is 0.581. The van der Waals surface area contributed by atoms with Crippen molar-refractivity contribution in [2.45, 2.75) is 13.8 Å². The van der Waals surface area contributed by atoms with E-state index in [1.807, 2.05) is 0 Å². The normalized spacial score (nSPS) is 10.2. The van der Waals surface area contributed by atoms with Crippen LogP contribution in [-0.4, -0.2) is 30.7 Å². The first-order chi connectivity index (χ1) is 6.61. The second kappa shape index (κ2) is 6.60. The van der Waals surface area contributed by atoms with Crippen molar-refractivity contribution >= 4 is 17.6 Å². The Kier molecular flexibility index (Phi) is 5.70. The minimum absolute atomic E-state index is 0.1000. The molecule has 0 saturated carbocycles. The molecule has 0 atom stereocenters. The molecule has 0 aromatic carbocycles. The first-order valence-corrected chi connectivity index (χ1v) is 3.95. The molecule has 6 nitrogen and oxygen atoms in total. The van der Waals surface area contributed by atoms with Gasteiger partial charge in [-0.1, -0.05) is 0 Å². The summed E-state index contributed by atoms with van der Waals surface area (Å²) in [6, 6.07) is 0. The van der Waals surface area contributed by atoms with Crippen LogP contribution in [0.5, 0.6) is 0 Å². The van der Waals surface area contributed by atoms with E-state index in [1.165, 1.54) is 6.92 Å². The lowest BCUT2D eigenvalue weighted by Gasteiger charge is -2.00. The van der Waals surface area contributed by atoms with Gasteiger partial charge in [-0.05, 0) is 6.92 Å². The Morgan fingerprint density at radius 2 is 2.21 bits per heavy atom. The molecule has 1 N–H and O–H groups in total. The third kappa shape index (κ3) is 4.87. The van der Waals surface area contributed by atoms with Gasteiger partial charge >= 0.3 is 5.97 Å². The fraction of sp³-hybridized carbons (Fsp3) is 0.500. The summed E-state index contributed by atoms with van der Waals surface area (Å²) in [5.41, 5.74) is 1.97. The molecule has 0 aliphatic heterocycles. The highest BCUT2D eigenvalue weighted by Crippen LogP contribution is 1.86. The van der Waals surface area contributed by atoms with Gasteiger partial charge in [-0.15, -0.1) is 0 Å². The van der Waals surface area contributed by atoms with Gasteiger partial charge in [-0.2, -0.15) is 5.10 Å². The zero-order valence-electron chi connectivity index (χ0n) is 8.03. The molecular formula is C8H11N3O3. The largest absolute Gasteiger partial charge is 0.461 e. The molecule has 6 heteroatoms.